The molecule has 1 heterocycles. The minimum Gasteiger partial charge on any atom is -0.495 e. The first-order chi connectivity index (χ1) is 10.2. The molecular formula is C15H16ClNO5. The minimum absolute atomic E-state index is 0.238. The number of cyclic esters (lactones) is 2. The average molecular weight is 326 g/mol. The summed E-state index contributed by atoms with van der Waals surface area (Å²) in [6.07, 6.45) is 1.21. The van der Waals surface area contributed by atoms with Crippen molar-refractivity contribution in [3.63, 3.8) is 0 Å². The smallest absolute Gasteiger partial charge is 0.350 e. The fourth-order valence-corrected chi connectivity index (χ4v) is 2.03. The van der Waals surface area contributed by atoms with Crippen molar-refractivity contribution in [2.24, 2.45) is 0 Å². The van der Waals surface area contributed by atoms with Crippen LogP contribution in [0.5, 0.6) is 5.75 Å². The van der Waals surface area contributed by atoms with Crippen LogP contribution in [0, 0.1) is 6.92 Å². The normalized spacial score (nSPS) is 16.7. The molecule has 1 aromatic carbocycles. The van der Waals surface area contributed by atoms with E-state index in [9.17, 15) is 9.59 Å². The highest BCUT2D eigenvalue weighted by Gasteiger charge is 2.38. The van der Waals surface area contributed by atoms with Crippen LogP contribution in [-0.4, -0.2) is 24.8 Å². The summed E-state index contributed by atoms with van der Waals surface area (Å²) < 4.78 is 15.2. The van der Waals surface area contributed by atoms with E-state index in [2.05, 4.69) is 5.32 Å². The number of ether oxygens (including phenoxy) is 3. The summed E-state index contributed by atoms with van der Waals surface area (Å²) in [7, 11) is 1.51. The number of methoxy groups -OCH3 is 1. The van der Waals surface area contributed by atoms with Crippen molar-refractivity contribution >= 4 is 29.2 Å². The van der Waals surface area contributed by atoms with Crippen LogP contribution in [0.4, 0.5) is 5.69 Å². The number of esters is 2. The molecule has 1 aromatic rings. The quantitative estimate of drug-likeness (QED) is 0.523. The molecule has 0 aliphatic carbocycles. The fourth-order valence-electron chi connectivity index (χ4n) is 1.87. The van der Waals surface area contributed by atoms with Gasteiger partial charge in [0.05, 0.1) is 12.8 Å². The summed E-state index contributed by atoms with van der Waals surface area (Å²) in [4.78, 5) is 23.7. The molecule has 22 heavy (non-hydrogen) atoms. The van der Waals surface area contributed by atoms with Crippen LogP contribution < -0.4 is 10.1 Å². The molecule has 1 fully saturated rings. The molecule has 7 heteroatoms. The van der Waals surface area contributed by atoms with Crippen LogP contribution in [0.3, 0.4) is 0 Å². The number of hydrogen-bond acceptors (Lipinski definition) is 6. The predicted molar refractivity (Wildman–Crippen MR) is 80.7 cm³/mol. The molecule has 0 amide bonds. The van der Waals surface area contributed by atoms with Gasteiger partial charge in [0, 0.05) is 25.1 Å². The van der Waals surface area contributed by atoms with Gasteiger partial charge in [0.1, 0.15) is 5.75 Å². The maximum Gasteiger partial charge on any atom is 0.350 e. The van der Waals surface area contributed by atoms with Crippen LogP contribution in [0.1, 0.15) is 19.4 Å². The third-order valence-electron chi connectivity index (χ3n) is 2.97. The highest BCUT2D eigenvalue weighted by molar-refractivity contribution is 6.31. The second-order valence-corrected chi connectivity index (χ2v) is 5.59. The molecule has 1 saturated heterocycles. The van der Waals surface area contributed by atoms with Gasteiger partial charge in [0.2, 0.25) is 0 Å². The number of carbonyl (C=O) groups excluding carboxylic acids is 2. The SMILES string of the molecule is COc1cc(C)c(Cl)cc1NC=C1C(=O)OC(C)(C)OC1=O. The van der Waals surface area contributed by atoms with Crippen molar-refractivity contribution in [2.45, 2.75) is 26.6 Å². The monoisotopic (exact) mass is 325 g/mol. The second kappa shape index (κ2) is 5.88. The van der Waals surface area contributed by atoms with E-state index in [0.29, 0.717) is 16.5 Å². The number of rotatable bonds is 3. The zero-order chi connectivity index (χ0) is 16.5. The number of halogens is 1. The number of aryl methyl sites for hydroxylation is 1. The van der Waals surface area contributed by atoms with Gasteiger partial charge in [-0.25, -0.2) is 9.59 Å². The Morgan fingerprint density at radius 1 is 1.23 bits per heavy atom. The molecule has 0 radical (unpaired) electrons. The molecule has 0 spiro atoms. The van der Waals surface area contributed by atoms with Crippen LogP contribution >= 0.6 is 11.6 Å². The van der Waals surface area contributed by atoms with Crippen LogP contribution in [0.15, 0.2) is 23.9 Å². The Hall–Kier alpha value is -2.21. The first kappa shape index (κ1) is 16.2. The fraction of sp³-hybridized carbons (Fsp3) is 0.333. The van der Waals surface area contributed by atoms with E-state index < -0.39 is 17.7 Å². The van der Waals surface area contributed by atoms with Gasteiger partial charge in [0.15, 0.2) is 5.57 Å². The van der Waals surface area contributed by atoms with E-state index in [0.717, 1.165) is 5.56 Å². The van der Waals surface area contributed by atoms with Crippen LogP contribution in [-0.2, 0) is 19.1 Å². The first-order valence-corrected chi connectivity index (χ1v) is 6.89. The second-order valence-electron chi connectivity index (χ2n) is 5.18. The molecule has 0 aromatic heterocycles. The number of benzene rings is 1. The van der Waals surface area contributed by atoms with Gasteiger partial charge in [-0.1, -0.05) is 11.6 Å². The molecule has 0 saturated carbocycles. The maximum absolute atomic E-state index is 11.8. The molecule has 0 bridgehead atoms. The Labute approximate surface area is 133 Å². The molecule has 0 atom stereocenters. The van der Waals surface area contributed by atoms with Gasteiger partial charge in [-0.3, -0.25) is 0 Å². The van der Waals surface area contributed by atoms with Crippen molar-refractivity contribution in [3.05, 3.63) is 34.5 Å². The van der Waals surface area contributed by atoms with E-state index in [4.69, 9.17) is 25.8 Å². The highest BCUT2D eigenvalue weighted by Crippen LogP contribution is 2.31. The van der Waals surface area contributed by atoms with Gasteiger partial charge in [-0.15, -0.1) is 0 Å². The van der Waals surface area contributed by atoms with Crippen LogP contribution in [0.25, 0.3) is 0 Å². The Bertz CT molecular complexity index is 644. The lowest BCUT2D eigenvalue weighted by Crippen LogP contribution is -2.42. The van der Waals surface area contributed by atoms with Crippen molar-refractivity contribution in [1.29, 1.82) is 0 Å². The van der Waals surface area contributed by atoms with Crippen LogP contribution in [0.2, 0.25) is 5.02 Å². The third kappa shape index (κ3) is 3.33. The summed E-state index contributed by atoms with van der Waals surface area (Å²) in [5.74, 6) is -2.26. The summed E-state index contributed by atoms with van der Waals surface area (Å²) in [6.45, 7) is 4.80. The third-order valence-corrected chi connectivity index (χ3v) is 3.38. The molecule has 1 aliphatic heterocycles. The zero-order valence-corrected chi connectivity index (χ0v) is 13.4. The molecule has 1 N–H and O–H groups in total. The van der Waals surface area contributed by atoms with Crippen molar-refractivity contribution in [3.8, 4) is 5.75 Å². The molecule has 1 aliphatic rings. The van der Waals surface area contributed by atoms with E-state index in [1.165, 1.54) is 27.2 Å². The first-order valence-electron chi connectivity index (χ1n) is 6.51. The van der Waals surface area contributed by atoms with Crippen molar-refractivity contribution in [1.82, 2.24) is 0 Å². The number of hydrogen-bond donors (Lipinski definition) is 1. The number of anilines is 1. The van der Waals surface area contributed by atoms with E-state index in [1.54, 1.807) is 12.1 Å². The Morgan fingerprint density at radius 2 is 1.82 bits per heavy atom. The summed E-state index contributed by atoms with van der Waals surface area (Å²) in [6, 6.07) is 3.38. The van der Waals surface area contributed by atoms with Gasteiger partial charge in [0.25, 0.3) is 5.79 Å². The van der Waals surface area contributed by atoms with Gasteiger partial charge in [-0.2, -0.15) is 0 Å². The lowest BCUT2D eigenvalue weighted by atomic mass is 10.2. The zero-order valence-electron chi connectivity index (χ0n) is 12.7. The minimum atomic E-state index is -1.27. The molecule has 2 rings (SSSR count). The van der Waals surface area contributed by atoms with Crippen molar-refractivity contribution in [2.75, 3.05) is 12.4 Å². The molecule has 118 valence electrons. The Balaban J connectivity index is 2.27. The molecule has 6 nitrogen and oxygen atoms in total. The Morgan fingerprint density at radius 3 is 2.36 bits per heavy atom. The maximum atomic E-state index is 11.8. The van der Waals surface area contributed by atoms with E-state index >= 15 is 0 Å². The number of carbonyl (C=O) groups is 2. The Kier molecular flexibility index (Phi) is 4.32. The lowest BCUT2D eigenvalue weighted by Gasteiger charge is -2.29. The van der Waals surface area contributed by atoms with E-state index in [-0.39, 0.29) is 5.57 Å². The highest BCUT2D eigenvalue weighted by atomic mass is 35.5. The van der Waals surface area contributed by atoms with Crippen molar-refractivity contribution < 1.29 is 23.8 Å². The summed E-state index contributed by atoms with van der Waals surface area (Å²) in [5, 5.41) is 3.34. The topological polar surface area (TPSA) is 73.9 Å². The van der Waals surface area contributed by atoms with Gasteiger partial charge < -0.3 is 19.5 Å². The molecular weight excluding hydrogens is 310 g/mol. The molecule has 0 unspecified atom stereocenters. The van der Waals surface area contributed by atoms with E-state index in [1.807, 2.05) is 6.92 Å². The van der Waals surface area contributed by atoms with Gasteiger partial charge >= 0.3 is 11.9 Å². The average Bonchev–Trinajstić information content (AvgIpc) is 2.40. The van der Waals surface area contributed by atoms with Gasteiger partial charge in [-0.05, 0) is 24.6 Å². The lowest BCUT2D eigenvalue weighted by molar-refractivity contribution is -0.222. The predicted octanol–water partition coefficient (Wildman–Crippen LogP) is 2.79. The number of nitrogens with one attached hydrogen (secondary N) is 1. The summed E-state index contributed by atoms with van der Waals surface area (Å²) in [5.41, 5.74) is 1.11. The summed E-state index contributed by atoms with van der Waals surface area (Å²) >= 11 is 6.06. The largest absolute Gasteiger partial charge is 0.495 e. The standard InChI is InChI=1S/C15H16ClNO5/c1-8-5-12(20-4)11(6-10(8)16)17-7-9-13(18)21-15(2,3)22-14(9)19/h5-7,17H,1-4H3.